The number of benzene rings is 1. The van der Waals surface area contributed by atoms with Crippen molar-refractivity contribution in [1.82, 2.24) is 9.97 Å². The van der Waals surface area contributed by atoms with Gasteiger partial charge in [-0.05, 0) is 31.1 Å². The van der Waals surface area contributed by atoms with Crippen LogP contribution in [0.15, 0.2) is 34.2 Å². The van der Waals surface area contributed by atoms with E-state index in [0.29, 0.717) is 23.0 Å². The quantitative estimate of drug-likeness (QED) is 0.761. The molecular weight excluding hydrogens is 312 g/mol. The van der Waals surface area contributed by atoms with Crippen LogP contribution in [0.3, 0.4) is 0 Å². The number of para-hydroxylation sites is 2. The molecule has 1 saturated carbocycles. The van der Waals surface area contributed by atoms with Crippen LogP contribution in [0.25, 0.3) is 22.7 Å². The smallest absolute Gasteiger partial charge is 0.308 e. The second kappa shape index (κ2) is 5.62. The minimum Gasteiger partial charge on any atom is -0.481 e. The van der Waals surface area contributed by atoms with Crippen LogP contribution >= 0.6 is 11.3 Å². The Morgan fingerprint density at radius 1 is 1.39 bits per heavy atom. The summed E-state index contributed by atoms with van der Waals surface area (Å²) in [6, 6.07) is 7.42. The van der Waals surface area contributed by atoms with Gasteiger partial charge in [0.05, 0.1) is 22.5 Å². The van der Waals surface area contributed by atoms with Gasteiger partial charge in [0.15, 0.2) is 5.58 Å². The molecule has 0 amide bonds. The average Bonchev–Trinajstić information content (AvgIpc) is 3.10. The lowest BCUT2D eigenvalue weighted by atomic mass is 10.1. The number of fused-ring (bicyclic) bond motifs is 1. The summed E-state index contributed by atoms with van der Waals surface area (Å²) >= 11 is 1.52. The fourth-order valence-corrected chi connectivity index (χ4v) is 3.38. The lowest BCUT2D eigenvalue weighted by molar-refractivity contribution is -0.135. The van der Waals surface area contributed by atoms with Crippen molar-refractivity contribution in [2.75, 3.05) is 0 Å². The maximum Gasteiger partial charge on any atom is 0.308 e. The molecule has 23 heavy (non-hydrogen) atoms. The molecular formula is C17H14N2O3S. The molecule has 1 fully saturated rings. The molecule has 116 valence electrons. The summed E-state index contributed by atoms with van der Waals surface area (Å²) < 4.78 is 5.74. The molecule has 0 aliphatic heterocycles. The van der Waals surface area contributed by atoms with E-state index in [0.717, 1.165) is 28.9 Å². The van der Waals surface area contributed by atoms with Crippen molar-refractivity contribution in [2.45, 2.75) is 25.2 Å². The summed E-state index contributed by atoms with van der Waals surface area (Å²) in [6.45, 7) is 0. The molecule has 0 radical (unpaired) electrons. The predicted molar refractivity (Wildman–Crippen MR) is 88.2 cm³/mol. The number of carbonyl (C=O) groups is 1. The van der Waals surface area contributed by atoms with Crippen molar-refractivity contribution in [3.8, 4) is 0 Å². The number of hydrogen-bond donors (Lipinski definition) is 1. The molecule has 0 saturated heterocycles. The van der Waals surface area contributed by atoms with Gasteiger partial charge >= 0.3 is 5.97 Å². The molecule has 6 heteroatoms. The maximum atomic E-state index is 11.2. The van der Waals surface area contributed by atoms with E-state index in [2.05, 4.69) is 9.97 Å². The van der Waals surface area contributed by atoms with Crippen LogP contribution in [0.5, 0.6) is 0 Å². The minimum absolute atomic E-state index is 0.130. The Kier molecular flexibility index (Phi) is 3.46. The van der Waals surface area contributed by atoms with Gasteiger partial charge in [-0.15, -0.1) is 11.3 Å². The zero-order chi connectivity index (χ0) is 15.8. The van der Waals surface area contributed by atoms with E-state index in [4.69, 9.17) is 4.42 Å². The van der Waals surface area contributed by atoms with E-state index in [1.807, 2.05) is 35.9 Å². The molecule has 0 unspecified atom stereocenters. The molecule has 1 aliphatic rings. The Hall–Kier alpha value is -2.47. The van der Waals surface area contributed by atoms with Gasteiger partial charge in [-0.1, -0.05) is 12.1 Å². The van der Waals surface area contributed by atoms with Gasteiger partial charge in [0.25, 0.3) is 0 Å². The van der Waals surface area contributed by atoms with Crippen molar-refractivity contribution < 1.29 is 14.3 Å². The van der Waals surface area contributed by atoms with Gasteiger partial charge in [0.2, 0.25) is 5.89 Å². The van der Waals surface area contributed by atoms with Crippen LogP contribution in [0.1, 0.15) is 41.6 Å². The summed E-state index contributed by atoms with van der Waals surface area (Å²) in [6.07, 6.45) is 4.04. The lowest BCUT2D eigenvalue weighted by Gasteiger charge is -2.01. The third kappa shape index (κ3) is 2.90. The van der Waals surface area contributed by atoms with E-state index in [-0.39, 0.29) is 6.42 Å². The second-order valence-corrected chi connectivity index (χ2v) is 6.49. The molecule has 1 aromatic carbocycles. The first-order valence-electron chi connectivity index (χ1n) is 7.42. The number of thiazole rings is 1. The largest absolute Gasteiger partial charge is 0.481 e. The number of rotatable bonds is 5. The molecule has 3 aromatic rings. The SMILES string of the molecule is O=C(O)C/C(=C\c1scnc1C1CC1)c1nc2ccccc2o1. The second-order valence-electron chi connectivity index (χ2n) is 5.60. The third-order valence-electron chi connectivity index (χ3n) is 3.80. The van der Waals surface area contributed by atoms with Gasteiger partial charge in [-0.25, -0.2) is 9.97 Å². The molecule has 0 spiro atoms. The summed E-state index contributed by atoms with van der Waals surface area (Å²) in [4.78, 5) is 21.1. The number of hydrogen-bond acceptors (Lipinski definition) is 5. The molecule has 0 bridgehead atoms. The van der Waals surface area contributed by atoms with E-state index in [1.54, 1.807) is 0 Å². The minimum atomic E-state index is -0.906. The molecule has 5 nitrogen and oxygen atoms in total. The predicted octanol–water partition coefficient (Wildman–Crippen LogP) is 4.18. The van der Waals surface area contributed by atoms with E-state index in [9.17, 15) is 9.90 Å². The highest BCUT2D eigenvalue weighted by atomic mass is 32.1. The highest BCUT2D eigenvalue weighted by molar-refractivity contribution is 7.10. The summed E-state index contributed by atoms with van der Waals surface area (Å²) in [5, 5.41) is 9.22. The Balaban J connectivity index is 1.78. The number of carboxylic acid groups (broad SMARTS) is 1. The summed E-state index contributed by atoms with van der Waals surface area (Å²) in [5.41, 5.74) is 4.83. The van der Waals surface area contributed by atoms with Crippen LogP contribution in [-0.4, -0.2) is 21.0 Å². The summed E-state index contributed by atoms with van der Waals surface area (Å²) in [7, 11) is 0. The Morgan fingerprint density at radius 3 is 2.96 bits per heavy atom. The molecule has 4 rings (SSSR count). The zero-order valence-corrected chi connectivity index (χ0v) is 13.0. The number of aromatic nitrogens is 2. The van der Waals surface area contributed by atoms with E-state index < -0.39 is 5.97 Å². The number of nitrogens with zero attached hydrogens (tertiary/aromatic N) is 2. The number of aliphatic carboxylic acids is 1. The highest BCUT2D eigenvalue weighted by Gasteiger charge is 2.28. The fraction of sp³-hybridized carbons (Fsp3) is 0.235. The van der Waals surface area contributed by atoms with Crippen molar-refractivity contribution in [1.29, 1.82) is 0 Å². The molecule has 1 N–H and O–H groups in total. The third-order valence-corrected chi connectivity index (χ3v) is 4.60. The Morgan fingerprint density at radius 2 is 2.22 bits per heavy atom. The Bertz CT molecular complexity index is 872. The average molecular weight is 326 g/mol. The first-order valence-corrected chi connectivity index (χ1v) is 8.30. The van der Waals surface area contributed by atoms with Crippen LogP contribution in [-0.2, 0) is 4.79 Å². The monoisotopic (exact) mass is 326 g/mol. The van der Waals surface area contributed by atoms with Crippen molar-refractivity contribution in [3.05, 3.63) is 46.2 Å². The lowest BCUT2D eigenvalue weighted by Crippen LogP contribution is -1.97. The van der Waals surface area contributed by atoms with Crippen LogP contribution in [0.2, 0.25) is 0 Å². The van der Waals surface area contributed by atoms with Crippen molar-refractivity contribution >= 4 is 40.1 Å². The van der Waals surface area contributed by atoms with Gasteiger partial charge < -0.3 is 9.52 Å². The normalized spacial score (nSPS) is 15.2. The van der Waals surface area contributed by atoms with Crippen LogP contribution < -0.4 is 0 Å². The van der Waals surface area contributed by atoms with Gasteiger partial charge in [0, 0.05) is 11.5 Å². The van der Waals surface area contributed by atoms with Gasteiger partial charge in [0.1, 0.15) is 5.52 Å². The first-order chi connectivity index (χ1) is 11.2. The van der Waals surface area contributed by atoms with Crippen molar-refractivity contribution in [2.24, 2.45) is 0 Å². The molecule has 0 atom stereocenters. The molecule has 2 aromatic heterocycles. The Labute approximate surface area is 136 Å². The number of carboxylic acids is 1. The van der Waals surface area contributed by atoms with Crippen LogP contribution in [0.4, 0.5) is 0 Å². The van der Waals surface area contributed by atoms with E-state index in [1.165, 1.54) is 11.3 Å². The zero-order valence-electron chi connectivity index (χ0n) is 12.2. The maximum absolute atomic E-state index is 11.2. The standard InChI is InChI=1S/C17H14N2O3S/c20-15(21)8-11(7-14-16(10-5-6-10)18-9-23-14)17-19-12-3-1-2-4-13(12)22-17/h1-4,7,9-10H,5-6,8H2,(H,20,21)/b11-7+. The van der Waals surface area contributed by atoms with Crippen molar-refractivity contribution in [3.63, 3.8) is 0 Å². The highest BCUT2D eigenvalue weighted by Crippen LogP contribution is 2.42. The van der Waals surface area contributed by atoms with Gasteiger partial charge in [-0.2, -0.15) is 0 Å². The topological polar surface area (TPSA) is 76.2 Å². The molecule has 1 aliphatic carbocycles. The fourth-order valence-electron chi connectivity index (χ4n) is 2.55. The summed E-state index contributed by atoms with van der Waals surface area (Å²) in [5.74, 6) is -0.0260. The molecule has 2 heterocycles. The van der Waals surface area contributed by atoms with Crippen LogP contribution in [0, 0.1) is 0 Å². The first kappa shape index (κ1) is 14.1. The number of oxazole rings is 1. The van der Waals surface area contributed by atoms with Gasteiger partial charge in [-0.3, -0.25) is 4.79 Å². The van der Waals surface area contributed by atoms with E-state index >= 15 is 0 Å².